The molecule has 0 heterocycles. The average molecular weight is 439 g/mol. The molecule has 1 aliphatic carbocycles. The molecule has 170 valence electrons. The predicted octanol–water partition coefficient (Wildman–Crippen LogP) is 3.92. The molecule has 2 aromatic carbocycles. The van der Waals surface area contributed by atoms with Crippen LogP contribution < -0.4 is 10.6 Å². The van der Waals surface area contributed by atoms with Gasteiger partial charge in [0, 0.05) is 30.8 Å². The van der Waals surface area contributed by atoms with Gasteiger partial charge in [-0.2, -0.15) is 0 Å². The number of hydrogen-bond donors (Lipinski definition) is 3. The topological polar surface area (TPSA) is 105 Å². The van der Waals surface area contributed by atoms with Crippen LogP contribution in [0.5, 0.6) is 0 Å². The first-order valence-corrected chi connectivity index (χ1v) is 11.0. The van der Waals surface area contributed by atoms with E-state index in [1.165, 1.54) is 11.1 Å². The van der Waals surface area contributed by atoms with E-state index in [4.69, 9.17) is 9.84 Å². The monoisotopic (exact) mass is 438 g/mol. The van der Waals surface area contributed by atoms with E-state index in [0.29, 0.717) is 19.4 Å². The van der Waals surface area contributed by atoms with E-state index in [0.717, 1.165) is 11.1 Å². The lowest BCUT2D eigenvalue weighted by molar-refractivity contribution is -0.137. The molecule has 2 atom stereocenters. The Morgan fingerprint density at radius 3 is 2.16 bits per heavy atom. The maximum atomic E-state index is 12.2. The molecule has 0 radical (unpaired) electrons. The second kappa shape index (κ2) is 10.8. The highest BCUT2D eigenvalue weighted by Crippen LogP contribution is 2.44. The molecule has 3 N–H and O–H groups in total. The molecule has 7 heteroatoms. The van der Waals surface area contributed by atoms with Crippen LogP contribution in [0.25, 0.3) is 11.1 Å². The van der Waals surface area contributed by atoms with Crippen molar-refractivity contribution in [1.82, 2.24) is 10.6 Å². The van der Waals surface area contributed by atoms with Crippen LogP contribution >= 0.6 is 0 Å². The number of carbonyl (C=O) groups is 3. The SMILES string of the molecule is CC(CCC(=O)O)NC(=O)C(C)CCNC(=O)OCC1c2ccccc2-c2ccccc21. The van der Waals surface area contributed by atoms with Crippen molar-refractivity contribution in [3.63, 3.8) is 0 Å². The maximum Gasteiger partial charge on any atom is 0.407 e. The molecule has 1 aliphatic rings. The van der Waals surface area contributed by atoms with Crippen LogP contribution in [0, 0.1) is 5.92 Å². The summed E-state index contributed by atoms with van der Waals surface area (Å²) in [5.74, 6) is -1.34. The standard InChI is InChI=1S/C25H30N2O5/c1-16(24(30)27-17(2)11-12-23(28)29)13-14-26-25(31)32-15-22-20-9-5-3-7-18(20)19-8-4-6-10-21(19)22/h3-10,16-17,22H,11-15H2,1-2H3,(H,26,31)(H,27,30)(H,28,29). The fraction of sp³-hybridized carbons (Fsp3) is 0.400. The molecule has 0 aliphatic heterocycles. The van der Waals surface area contributed by atoms with Gasteiger partial charge in [0.05, 0.1) is 0 Å². The highest BCUT2D eigenvalue weighted by atomic mass is 16.5. The number of carboxylic acids is 1. The zero-order valence-electron chi connectivity index (χ0n) is 18.5. The molecule has 0 fully saturated rings. The van der Waals surface area contributed by atoms with Crippen molar-refractivity contribution >= 4 is 18.0 Å². The van der Waals surface area contributed by atoms with Crippen LogP contribution in [0.4, 0.5) is 4.79 Å². The van der Waals surface area contributed by atoms with Crippen LogP contribution in [0.2, 0.25) is 0 Å². The minimum Gasteiger partial charge on any atom is -0.481 e. The van der Waals surface area contributed by atoms with Gasteiger partial charge in [-0.25, -0.2) is 4.79 Å². The van der Waals surface area contributed by atoms with Crippen molar-refractivity contribution in [3.05, 3.63) is 59.7 Å². The highest BCUT2D eigenvalue weighted by Gasteiger charge is 2.29. The molecule has 0 spiro atoms. The fourth-order valence-corrected chi connectivity index (χ4v) is 3.97. The molecule has 3 rings (SSSR count). The smallest absolute Gasteiger partial charge is 0.407 e. The Balaban J connectivity index is 1.42. The van der Waals surface area contributed by atoms with Gasteiger partial charge in [0.1, 0.15) is 6.61 Å². The minimum absolute atomic E-state index is 0.00476. The van der Waals surface area contributed by atoms with Gasteiger partial charge in [-0.15, -0.1) is 0 Å². The van der Waals surface area contributed by atoms with E-state index in [9.17, 15) is 14.4 Å². The number of rotatable bonds is 10. The number of aliphatic carboxylic acids is 1. The van der Waals surface area contributed by atoms with Crippen molar-refractivity contribution in [2.45, 2.75) is 45.1 Å². The summed E-state index contributed by atoms with van der Waals surface area (Å²) in [6.45, 7) is 4.12. The van der Waals surface area contributed by atoms with Gasteiger partial charge >= 0.3 is 12.1 Å². The Kier molecular flexibility index (Phi) is 7.87. The number of carbonyl (C=O) groups excluding carboxylic acids is 2. The van der Waals surface area contributed by atoms with Crippen molar-refractivity contribution in [1.29, 1.82) is 0 Å². The zero-order valence-corrected chi connectivity index (χ0v) is 18.5. The van der Waals surface area contributed by atoms with Gasteiger partial charge in [-0.1, -0.05) is 55.5 Å². The minimum atomic E-state index is -0.883. The quantitative estimate of drug-likeness (QED) is 0.521. The Hall–Kier alpha value is -3.35. The third-order valence-corrected chi connectivity index (χ3v) is 5.82. The van der Waals surface area contributed by atoms with Gasteiger partial charge in [-0.3, -0.25) is 9.59 Å². The van der Waals surface area contributed by atoms with Crippen LogP contribution in [0.3, 0.4) is 0 Å². The maximum absolute atomic E-state index is 12.2. The van der Waals surface area contributed by atoms with Gasteiger partial charge in [0.2, 0.25) is 5.91 Å². The summed E-state index contributed by atoms with van der Waals surface area (Å²) in [4.78, 5) is 35.0. The van der Waals surface area contributed by atoms with E-state index in [1.807, 2.05) is 24.3 Å². The summed E-state index contributed by atoms with van der Waals surface area (Å²) in [7, 11) is 0. The van der Waals surface area contributed by atoms with Gasteiger partial charge in [0.15, 0.2) is 0 Å². The van der Waals surface area contributed by atoms with E-state index in [-0.39, 0.29) is 36.8 Å². The second-order valence-corrected chi connectivity index (χ2v) is 8.28. The average Bonchev–Trinajstić information content (AvgIpc) is 3.10. The Morgan fingerprint density at radius 2 is 1.56 bits per heavy atom. The first-order chi connectivity index (χ1) is 15.4. The Bertz CT molecular complexity index is 929. The van der Waals surface area contributed by atoms with Crippen molar-refractivity contribution in [3.8, 4) is 11.1 Å². The number of amides is 2. The molecule has 0 aromatic heterocycles. The highest BCUT2D eigenvalue weighted by molar-refractivity contribution is 5.79. The summed E-state index contributed by atoms with van der Waals surface area (Å²) in [6.07, 6.45) is 0.349. The largest absolute Gasteiger partial charge is 0.481 e. The number of nitrogens with one attached hydrogen (secondary N) is 2. The van der Waals surface area contributed by atoms with E-state index in [2.05, 4.69) is 34.9 Å². The van der Waals surface area contributed by atoms with Crippen LogP contribution in [0.15, 0.2) is 48.5 Å². The van der Waals surface area contributed by atoms with Crippen LogP contribution in [-0.2, 0) is 14.3 Å². The molecule has 2 unspecified atom stereocenters. The fourth-order valence-electron chi connectivity index (χ4n) is 3.97. The number of alkyl carbamates (subject to hydrolysis) is 1. The lowest BCUT2D eigenvalue weighted by Crippen LogP contribution is -2.38. The lowest BCUT2D eigenvalue weighted by Gasteiger charge is -2.17. The van der Waals surface area contributed by atoms with Crippen LogP contribution in [0.1, 0.15) is 50.2 Å². The van der Waals surface area contributed by atoms with Gasteiger partial charge in [-0.05, 0) is 42.0 Å². The molecule has 2 amide bonds. The van der Waals surface area contributed by atoms with E-state index in [1.54, 1.807) is 13.8 Å². The molecular weight excluding hydrogens is 408 g/mol. The predicted molar refractivity (Wildman–Crippen MR) is 121 cm³/mol. The summed E-state index contributed by atoms with van der Waals surface area (Å²) in [5, 5.41) is 14.2. The van der Waals surface area contributed by atoms with Crippen molar-refractivity contribution in [2.24, 2.45) is 5.92 Å². The second-order valence-electron chi connectivity index (χ2n) is 8.28. The van der Waals surface area contributed by atoms with E-state index < -0.39 is 12.1 Å². The number of fused-ring (bicyclic) bond motifs is 3. The number of hydrogen-bond acceptors (Lipinski definition) is 4. The van der Waals surface area contributed by atoms with Crippen LogP contribution in [-0.4, -0.2) is 42.3 Å². The summed E-state index contributed by atoms with van der Waals surface area (Å²) < 4.78 is 5.49. The molecule has 0 saturated heterocycles. The number of benzene rings is 2. The molecule has 7 nitrogen and oxygen atoms in total. The first kappa shape index (κ1) is 23.3. The molecule has 0 bridgehead atoms. The van der Waals surface area contributed by atoms with Crippen molar-refractivity contribution in [2.75, 3.05) is 13.2 Å². The Morgan fingerprint density at radius 1 is 0.969 bits per heavy atom. The molecular formula is C25H30N2O5. The van der Waals surface area contributed by atoms with E-state index >= 15 is 0 Å². The molecule has 2 aromatic rings. The normalized spacial score (nSPS) is 14.1. The van der Waals surface area contributed by atoms with Gasteiger partial charge in [0.25, 0.3) is 0 Å². The first-order valence-electron chi connectivity index (χ1n) is 11.0. The molecule has 0 saturated carbocycles. The lowest BCUT2D eigenvalue weighted by atomic mass is 9.98. The third-order valence-electron chi connectivity index (χ3n) is 5.82. The Labute approximate surface area is 188 Å². The zero-order chi connectivity index (χ0) is 23.1. The number of carboxylic acid groups (broad SMARTS) is 1. The molecule has 32 heavy (non-hydrogen) atoms. The van der Waals surface area contributed by atoms with Crippen molar-refractivity contribution < 1.29 is 24.2 Å². The number of ether oxygens (including phenoxy) is 1. The van der Waals surface area contributed by atoms with Gasteiger partial charge < -0.3 is 20.5 Å². The third kappa shape index (κ3) is 5.87. The summed E-state index contributed by atoms with van der Waals surface area (Å²) in [6, 6.07) is 16.1. The summed E-state index contributed by atoms with van der Waals surface area (Å²) in [5.41, 5.74) is 4.66. The summed E-state index contributed by atoms with van der Waals surface area (Å²) >= 11 is 0.